The van der Waals surface area contributed by atoms with Crippen LogP contribution < -0.4 is 8.38 Å². The Labute approximate surface area is 71.0 Å². The first-order valence-electron chi connectivity index (χ1n) is 0.463. The maximum Gasteiger partial charge on any atom is 2.00 e. The minimum absolute atomic E-state index is 0. The molecule has 0 aromatic heterocycles. The molecule has 0 aliphatic rings. The molecule has 0 spiro atoms. The first-order chi connectivity index (χ1) is 1.73. The van der Waals surface area contributed by atoms with Crippen LogP contribution in [0, 0.1) is 0 Å². The third-order valence-corrected chi connectivity index (χ3v) is 0. The van der Waals surface area contributed by atoms with Crippen LogP contribution in [-0.2, 0) is 18.3 Å². The second-order valence-corrected chi connectivity index (χ2v) is 0.779. The van der Waals surface area contributed by atoms with E-state index >= 15 is 0 Å². The molecule has 0 N–H and O–H groups in total. The third kappa shape index (κ3) is 26.8. The van der Waals surface area contributed by atoms with Gasteiger partial charge in [-0.15, -0.1) is 0 Å². The summed E-state index contributed by atoms with van der Waals surface area (Å²) in [6, 6.07) is 0. The van der Waals surface area contributed by atoms with Crippen LogP contribution in [-0.4, -0.2) is 45.5 Å². The van der Waals surface area contributed by atoms with Gasteiger partial charge in [0, 0.05) is 0 Å². The van der Waals surface area contributed by atoms with Crippen molar-refractivity contribution in [1.82, 2.24) is 0 Å². The van der Waals surface area contributed by atoms with Crippen LogP contribution >= 0.6 is 0 Å². The standard InChI is InChI=1S/Mn.3O.Sr/q;;2*-1;+2. The molecule has 5 heteroatoms. The molecule has 0 heterocycles. The molecule has 0 aromatic carbocycles. The van der Waals surface area contributed by atoms with E-state index in [4.69, 9.17) is 12.2 Å². The monoisotopic (exact) mass is 191 g/mol. The second kappa shape index (κ2) is 5.72. The van der Waals surface area contributed by atoms with E-state index in [-0.39, 0.29) is 45.5 Å². The molecule has 0 amide bonds. The normalized spacial score (nSPS) is 7.00. The van der Waals surface area contributed by atoms with E-state index in [1.807, 2.05) is 0 Å². The molecule has 0 radical (unpaired) electrons. The zero-order valence-corrected chi connectivity index (χ0v) is 6.97. The van der Waals surface area contributed by atoms with Gasteiger partial charge in [0.25, 0.3) is 0 Å². The van der Waals surface area contributed by atoms with E-state index in [1.54, 1.807) is 0 Å². The molecule has 0 saturated heterocycles. The van der Waals surface area contributed by atoms with Gasteiger partial charge in [-0.05, 0) is 0 Å². The Kier molecular flexibility index (Phi) is 11.3. The molecule has 0 atom stereocenters. The quantitative estimate of drug-likeness (QED) is 0.386. The summed E-state index contributed by atoms with van der Waals surface area (Å²) in [5.41, 5.74) is 0. The largest absolute Gasteiger partial charge is 2.00 e. The average Bonchev–Trinajstić information content (AvgIpc) is 0.811. The van der Waals surface area contributed by atoms with E-state index in [0.717, 1.165) is 0 Å². The first-order valence-corrected chi connectivity index (χ1v) is 1.91. The van der Waals surface area contributed by atoms with Crippen molar-refractivity contribution in [1.29, 1.82) is 0 Å². The van der Waals surface area contributed by atoms with Gasteiger partial charge in [-0.2, -0.15) is 0 Å². The van der Waals surface area contributed by atoms with E-state index < -0.39 is 14.5 Å². The molecule has 5 heavy (non-hydrogen) atoms. The Balaban J connectivity index is 0. The molecule has 0 fully saturated rings. The van der Waals surface area contributed by atoms with Crippen molar-refractivity contribution in [3.63, 3.8) is 0 Å². The van der Waals surface area contributed by atoms with Crippen molar-refractivity contribution in [2.75, 3.05) is 0 Å². The molecule has 0 rings (SSSR count). The van der Waals surface area contributed by atoms with Gasteiger partial charge in [-0.1, -0.05) is 0 Å². The van der Waals surface area contributed by atoms with Crippen molar-refractivity contribution in [2.24, 2.45) is 0 Å². The van der Waals surface area contributed by atoms with Gasteiger partial charge in [0.2, 0.25) is 0 Å². The van der Waals surface area contributed by atoms with Crippen LogP contribution in [0.1, 0.15) is 0 Å². The summed E-state index contributed by atoms with van der Waals surface area (Å²) in [6.45, 7) is 0. The zero-order chi connectivity index (χ0) is 3.58. The molecule has 0 aliphatic carbocycles. The smallest absolute Gasteiger partial charge is 2.00 e. The van der Waals surface area contributed by atoms with Crippen molar-refractivity contribution in [2.45, 2.75) is 0 Å². The van der Waals surface area contributed by atoms with Gasteiger partial charge in [-0.25, -0.2) is 0 Å². The Morgan fingerprint density at radius 1 is 1.40 bits per heavy atom. The molecule has 0 aromatic rings. The zero-order valence-electron chi connectivity index (χ0n) is 2.31. The third-order valence-electron chi connectivity index (χ3n) is 0. The molecule has 0 unspecified atom stereocenters. The van der Waals surface area contributed by atoms with E-state index in [2.05, 4.69) is 0 Å². The van der Waals surface area contributed by atoms with Crippen LogP contribution in [0.15, 0.2) is 0 Å². The van der Waals surface area contributed by atoms with Crippen LogP contribution in [0.3, 0.4) is 0 Å². The second-order valence-electron chi connectivity index (χ2n) is 0.189. The maximum absolute atomic E-state index is 8.52. The number of rotatable bonds is 0. The van der Waals surface area contributed by atoms with E-state index in [9.17, 15) is 0 Å². The van der Waals surface area contributed by atoms with Gasteiger partial charge >= 0.3 is 72.2 Å². The Morgan fingerprint density at radius 2 is 1.40 bits per heavy atom. The number of hydrogen-bond donors (Lipinski definition) is 0. The van der Waals surface area contributed by atoms with Crippen molar-refractivity contribution >= 4 is 45.5 Å². The van der Waals surface area contributed by atoms with Crippen LogP contribution in [0.25, 0.3) is 0 Å². The summed E-state index contributed by atoms with van der Waals surface area (Å²) in [5.74, 6) is 0. The summed E-state index contributed by atoms with van der Waals surface area (Å²) >= 11 is -3.65. The van der Waals surface area contributed by atoms with Crippen molar-refractivity contribution in [3.05, 3.63) is 0 Å². The topological polar surface area (TPSA) is 63.2 Å². The molecule has 0 aliphatic heterocycles. The Morgan fingerprint density at radius 3 is 1.40 bits per heavy atom. The Bertz CT molecular complexity index is 29.9. The van der Waals surface area contributed by atoms with E-state index in [1.165, 1.54) is 0 Å². The average molecular weight is 191 g/mol. The van der Waals surface area contributed by atoms with Crippen molar-refractivity contribution < 1.29 is 26.7 Å². The maximum atomic E-state index is 8.52. The van der Waals surface area contributed by atoms with Gasteiger partial charge in [-0.3, -0.25) is 0 Å². The summed E-state index contributed by atoms with van der Waals surface area (Å²) in [4.78, 5) is 0. The van der Waals surface area contributed by atoms with Crippen LogP contribution in [0.5, 0.6) is 0 Å². The summed E-state index contributed by atoms with van der Waals surface area (Å²) in [7, 11) is 0. The predicted molar refractivity (Wildman–Crippen MR) is 6.44 cm³/mol. The molecular weight excluding hydrogens is 191 g/mol. The summed E-state index contributed by atoms with van der Waals surface area (Å²) in [5, 5.41) is 0. The van der Waals surface area contributed by atoms with Gasteiger partial charge in [0.05, 0.1) is 0 Å². The Hall–Kier alpha value is 1.72. The minimum Gasteiger partial charge on any atom is 2.00 e. The van der Waals surface area contributed by atoms with Crippen molar-refractivity contribution in [3.8, 4) is 0 Å². The molecule has 27 valence electrons. The molecule has 0 bridgehead atoms. The predicted octanol–water partition coefficient (Wildman–Crippen LogP) is -2.88. The van der Waals surface area contributed by atoms with Crippen LogP contribution in [0.2, 0.25) is 0 Å². The fourth-order valence-electron chi connectivity index (χ4n) is 0. The van der Waals surface area contributed by atoms with Gasteiger partial charge in [0.15, 0.2) is 0 Å². The number of hydrogen-bond acceptors (Lipinski definition) is 3. The summed E-state index contributed by atoms with van der Waals surface area (Å²) < 4.78 is 25.6. The van der Waals surface area contributed by atoms with Crippen LogP contribution in [0.4, 0.5) is 0 Å². The summed E-state index contributed by atoms with van der Waals surface area (Å²) in [6.07, 6.45) is 0. The fourth-order valence-corrected chi connectivity index (χ4v) is 0. The fraction of sp³-hybridized carbons (Fsp3) is 0. The molecule has 3 nitrogen and oxygen atoms in total. The van der Waals surface area contributed by atoms with Gasteiger partial charge in [0.1, 0.15) is 0 Å². The first kappa shape index (κ1) is 9.87. The van der Waals surface area contributed by atoms with E-state index in [0.29, 0.717) is 0 Å². The molecule has 0 saturated carbocycles. The SMILES string of the molecule is [O]=[Mn]([O-])[O-].[Sr+2]. The van der Waals surface area contributed by atoms with Gasteiger partial charge < -0.3 is 0 Å². The minimum atomic E-state index is -3.65. The molecular formula is MnO3Sr.